The van der Waals surface area contributed by atoms with Crippen LogP contribution in [0.1, 0.15) is 96.8 Å². The lowest BCUT2D eigenvalue weighted by Crippen LogP contribution is -2.59. The smallest absolute Gasteiger partial charge is 0.616 e. The molecule has 0 amide bonds. The largest absolute Gasteiger partial charge is 0.618 e. The van der Waals surface area contributed by atoms with E-state index >= 15 is 0 Å². The fourth-order valence-electron chi connectivity index (χ4n) is 8.58. The van der Waals surface area contributed by atoms with E-state index in [1.165, 1.54) is 122 Å². The Bertz CT molecular complexity index is 3550. The summed E-state index contributed by atoms with van der Waals surface area (Å²) in [5.74, 6) is 4.58. The van der Waals surface area contributed by atoms with Gasteiger partial charge in [0.05, 0.1) is 16.7 Å². The van der Waals surface area contributed by atoms with E-state index in [-0.39, 0.29) is 157 Å². The molecule has 8 aromatic rings. The summed E-state index contributed by atoms with van der Waals surface area (Å²) < 4.78 is 4.42. The minimum Gasteiger partial charge on any atom is -0.618 e. The van der Waals surface area contributed by atoms with Gasteiger partial charge in [0.15, 0.2) is 0 Å². The van der Waals surface area contributed by atoms with Gasteiger partial charge in [0.1, 0.15) is 0 Å². The minimum absolute atomic E-state index is 0.0130. The molecule has 0 fully saturated rings. The molecule has 0 saturated carbocycles. The van der Waals surface area contributed by atoms with Gasteiger partial charge in [0.25, 0.3) is 102 Å². The molecule has 75 heavy (non-hydrogen) atoms. The second kappa shape index (κ2) is 18.3. The number of fused-ring (bicyclic) bond motifs is 2. The maximum absolute atomic E-state index is 13.4. The Balaban J connectivity index is 0.000000219. The van der Waals surface area contributed by atoms with Gasteiger partial charge in [0, 0.05) is 116 Å². The van der Waals surface area contributed by atoms with Gasteiger partial charge in [-0.3, -0.25) is 0 Å². The quantitative estimate of drug-likeness (QED) is 0.101. The molecular formula is C47H48N14O14. The lowest BCUT2D eigenvalue weighted by molar-refractivity contribution is -0.763. The highest BCUT2D eigenvalue weighted by atomic mass is 16.5. The number of rotatable bonds is 3. The third kappa shape index (κ3) is 7.70. The Morgan fingerprint density at radius 1 is 0.213 bits per heavy atom. The number of benzene rings is 1. The van der Waals surface area contributed by atoms with Crippen LogP contribution in [-0.2, 0) is 0 Å². The van der Waals surface area contributed by atoms with E-state index in [0.29, 0.717) is 28.4 Å². The zero-order chi connectivity index (χ0) is 56.2. The highest BCUT2D eigenvalue weighted by Crippen LogP contribution is 2.33. The van der Waals surface area contributed by atoms with E-state index in [9.17, 15) is 72.9 Å². The highest BCUT2D eigenvalue weighted by Gasteiger charge is 2.44. The van der Waals surface area contributed by atoms with Crippen molar-refractivity contribution in [2.24, 2.45) is 0 Å². The van der Waals surface area contributed by atoms with Crippen LogP contribution < -0.4 is 66.2 Å². The molecule has 0 atom stereocenters. The van der Waals surface area contributed by atoms with E-state index in [1.807, 2.05) is 0 Å². The lowest BCUT2D eigenvalue weighted by atomic mass is 9.96. The Morgan fingerprint density at radius 2 is 0.387 bits per heavy atom. The Morgan fingerprint density at radius 3 is 0.613 bits per heavy atom. The van der Waals surface area contributed by atoms with E-state index in [2.05, 4.69) is 11.8 Å². The van der Waals surface area contributed by atoms with Crippen molar-refractivity contribution in [1.29, 1.82) is 0 Å². The highest BCUT2D eigenvalue weighted by molar-refractivity contribution is 5.77. The normalized spacial score (nSPS) is 11.2. The fourth-order valence-corrected chi connectivity index (χ4v) is 8.58. The first-order chi connectivity index (χ1) is 34.8. The first kappa shape index (κ1) is 52.9. The first-order valence-electron chi connectivity index (χ1n) is 22.5. The minimum atomic E-state index is -0.835. The number of nitrogens with zero attached hydrogens (tertiary/aromatic N) is 14. The van der Waals surface area contributed by atoms with E-state index in [0.717, 1.165) is 0 Å². The lowest BCUT2D eigenvalue weighted by Gasteiger charge is -2.17. The molecule has 0 spiro atoms. The molecule has 28 nitrogen and oxygen atoms in total. The molecule has 1 aromatic carbocycles. The van der Waals surface area contributed by atoms with Gasteiger partial charge in [-0.15, -0.1) is 0 Å². The summed E-state index contributed by atoms with van der Waals surface area (Å²) in [6, 6.07) is 4.58. The van der Waals surface area contributed by atoms with Crippen molar-refractivity contribution in [3.63, 3.8) is 0 Å². The van der Waals surface area contributed by atoms with Crippen LogP contribution in [0.5, 0.6) is 0 Å². The Hall–Kier alpha value is -9.94. The average Bonchev–Trinajstić information content (AvgIpc) is 3.37. The van der Waals surface area contributed by atoms with Crippen molar-refractivity contribution >= 4 is 22.6 Å². The second-order valence-corrected chi connectivity index (χ2v) is 18.0. The molecule has 0 aliphatic rings. The topological polar surface area (TPSA) is 377 Å². The van der Waals surface area contributed by atoms with Gasteiger partial charge in [0.2, 0.25) is 0 Å². The van der Waals surface area contributed by atoms with Crippen LogP contribution in [-0.4, -0.2) is 0 Å². The van der Waals surface area contributed by atoms with Crippen LogP contribution in [0.15, 0.2) is 18.2 Å². The van der Waals surface area contributed by atoms with E-state index in [1.54, 1.807) is 0 Å². The molecule has 0 bridgehead atoms. The van der Waals surface area contributed by atoms with Crippen LogP contribution in [0.4, 0.5) is 0 Å². The molecule has 0 N–H and O–H groups in total. The van der Waals surface area contributed by atoms with Gasteiger partial charge in [-0.1, -0.05) is 37.8 Å². The summed E-state index contributed by atoms with van der Waals surface area (Å²) in [6.07, 6.45) is 0. The zero-order valence-corrected chi connectivity index (χ0v) is 43.2. The van der Waals surface area contributed by atoms with Crippen molar-refractivity contribution in [2.45, 2.75) is 104 Å². The van der Waals surface area contributed by atoms with Gasteiger partial charge < -0.3 is 72.9 Å². The summed E-state index contributed by atoms with van der Waals surface area (Å²) in [6.45, 7) is 21.2. The second-order valence-electron chi connectivity index (χ2n) is 18.0. The van der Waals surface area contributed by atoms with Gasteiger partial charge in [-0.05, 0) is 18.2 Å². The third-order valence-corrected chi connectivity index (χ3v) is 13.9. The van der Waals surface area contributed by atoms with Crippen molar-refractivity contribution in [3.8, 4) is 45.6 Å². The van der Waals surface area contributed by atoms with E-state index < -0.39 is 34.0 Å². The molecule has 0 radical (unpaired) electrons. The van der Waals surface area contributed by atoms with Gasteiger partial charge in [-0.2, -0.15) is 28.4 Å². The molecule has 0 unspecified atom stereocenters. The standard InChI is InChI=1S/C27H30N6O6.C20H18N8O8/c1-13-16(4)31(37)25(19(7)28(13)34)22-10-23(26-20(8)29(35)14(2)17(5)32(26)38)12-24(11-22)27-21(9)30(36)15(3)18(6)33(27)39;1-9-11(3)23(31)19-17(21(9)29)25(33)13(5)15(27(19)35)7-8-16-14(6)26(34)18-20(28(16)36)24(32)12(4)10(2)22(18)30/h10-12H,1-9H3;1-6H3. The van der Waals surface area contributed by atoms with Crippen LogP contribution in [0.25, 0.3) is 56.4 Å². The third-order valence-electron chi connectivity index (χ3n) is 13.9. The molecule has 7 aromatic heterocycles. The Kier molecular flexibility index (Phi) is 12.9. The summed E-state index contributed by atoms with van der Waals surface area (Å²) >= 11 is 0. The maximum Gasteiger partial charge on any atom is 0.616 e. The summed E-state index contributed by atoms with van der Waals surface area (Å²) in [4.78, 5) is 0. The summed E-state index contributed by atoms with van der Waals surface area (Å²) in [5, 5.41) is 181. The predicted octanol–water partition coefficient (Wildman–Crippen LogP) is -2.43. The zero-order valence-electron chi connectivity index (χ0n) is 43.2. The predicted molar refractivity (Wildman–Crippen MR) is 253 cm³/mol. The molecule has 0 aliphatic heterocycles. The monoisotopic (exact) mass is 1030 g/mol. The van der Waals surface area contributed by atoms with Crippen molar-refractivity contribution in [1.82, 2.24) is 0 Å². The van der Waals surface area contributed by atoms with Crippen LogP contribution in [0.3, 0.4) is 0 Å². The number of aromatic nitrogens is 14. The molecule has 0 saturated heterocycles. The number of hydrogen-bond acceptors (Lipinski definition) is 14. The molecule has 7 heterocycles. The maximum atomic E-state index is 13.4. The fraction of sp³-hybridized carbons (Fsp3) is 0.319. The molecule has 8 rings (SSSR count). The summed E-state index contributed by atoms with van der Waals surface area (Å²) in [5.41, 5.74) is -3.29. The molecule has 0 aliphatic carbocycles. The SMILES string of the molecule is Cc1c(C)[n+]([O-])c(-c2cc(-c3c(C)[n+]([O-])c(C)c(C)[n+]3[O-])cc(-c3c(C)[n+]([O-])c(C)c(C)[n+]3[O-])c2)c(C)[n+]1[O-].Cc1c(C)[n+]([O-])c2c([n+]1[O-])[n+]([O-])c(C)c(C#Cc1c(C)[n+]([O-])c3c([n+]([O-])c(C)c(C)[n+]3[O-])[n+]1[O-])[n+]2[O-]. The van der Waals surface area contributed by atoms with Crippen molar-refractivity contribution < 1.29 is 66.2 Å². The number of hydrogen-bond donors (Lipinski definition) is 0. The molecular weight excluding hydrogens is 985 g/mol. The van der Waals surface area contributed by atoms with Crippen molar-refractivity contribution in [3.05, 3.63) is 188 Å². The van der Waals surface area contributed by atoms with Gasteiger partial charge in [-0.25, -0.2) is 0 Å². The van der Waals surface area contributed by atoms with Gasteiger partial charge >= 0.3 is 34.0 Å². The molecule has 390 valence electrons. The van der Waals surface area contributed by atoms with Crippen LogP contribution >= 0.6 is 0 Å². The first-order valence-corrected chi connectivity index (χ1v) is 22.5. The van der Waals surface area contributed by atoms with Crippen molar-refractivity contribution in [2.75, 3.05) is 0 Å². The molecule has 28 heteroatoms. The van der Waals surface area contributed by atoms with Crippen LogP contribution in [0, 0.1) is 189 Å². The van der Waals surface area contributed by atoms with Crippen LogP contribution in [0.2, 0.25) is 0 Å². The average molecular weight is 1030 g/mol. The Labute approximate surface area is 425 Å². The summed E-state index contributed by atoms with van der Waals surface area (Å²) in [7, 11) is 0. The van der Waals surface area contributed by atoms with E-state index in [4.69, 9.17) is 0 Å².